The maximum atomic E-state index is 8.43. The zero-order chi connectivity index (χ0) is 9.52. The van der Waals surface area contributed by atoms with Crippen molar-refractivity contribution >= 4 is 7.85 Å². The van der Waals surface area contributed by atoms with E-state index in [2.05, 4.69) is 17.1 Å². The summed E-state index contributed by atoms with van der Waals surface area (Å²) in [4.78, 5) is 0. The van der Waals surface area contributed by atoms with Gasteiger partial charge in [0.2, 0.25) is 0 Å². The van der Waals surface area contributed by atoms with Crippen molar-refractivity contribution in [3.05, 3.63) is 0 Å². The standard InChI is InChI=1S/C8H12BNO3/c9-2-1-3-10-8-7(13-8)6-12-5-4-11/h7-8,10-11H,3-6H2. The monoisotopic (exact) mass is 181 g/mol. The minimum Gasteiger partial charge on any atom is -0.394 e. The van der Waals surface area contributed by atoms with Crippen LogP contribution in [0, 0.1) is 11.7 Å². The summed E-state index contributed by atoms with van der Waals surface area (Å²) in [6, 6.07) is 0. The van der Waals surface area contributed by atoms with Crippen molar-refractivity contribution in [2.45, 2.75) is 12.3 Å². The fourth-order valence-electron chi connectivity index (χ4n) is 0.916. The van der Waals surface area contributed by atoms with Gasteiger partial charge >= 0.3 is 0 Å². The first kappa shape index (κ1) is 10.5. The highest BCUT2D eigenvalue weighted by Gasteiger charge is 2.38. The average molecular weight is 181 g/mol. The molecule has 0 bridgehead atoms. The Morgan fingerprint density at radius 2 is 2.46 bits per heavy atom. The first-order valence-corrected chi connectivity index (χ1v) is 4.14. The Labute approximate surface area is 79.0 Å². The van der Waals surface area contributed by atoms with Crippen molar-refractivity contribution in [3.63, 3.8) is 0 Å². The molecule has 4 nitrogen and oxygen atoms in total. The van der Waals surface area contributed by atoms with Crippen LogP contribution < -0.4 is 5.32 Å². The summed E-state index contributed by atoms with van der Waals surface area (Å²) in [5.74, 6) is 4.95. The van der Waals surface area contributed by atoms with E-state index in [-0.39, 0.29) is 18.9 Å². The highest BCUT2D eigenvalue weighted by Crippen LogP contribution is 2.18. The molecule has 0 amide bonds. The fraction of sp³-hybridized carbons (Fsp3) is 0.750. The zero-order valence-electron chi connectivity index (χ0n) is 7.32. The average Bonchev–Trinajstić information content (AvgIpc) is 2.85. The Morgan fingerprint density at radius 3 is 3.15 bits per heavy atom. The van der Waals surface area contributed by atoms with Crippen LogP contribution in [-0.2, 0) is 9.47 Å². The molecule has 0 aliphatic carbocycles. The van der Waals surface area contributed by atoms with Gasteiger partial charge in [0, 0.05) is 0 Å². The first-order valence-electron chi connectivity index (χ1n) is 4.14. The number of aliphatic hydroxyl groups is 1. The minimum absolute atomic E-state index is 0.0274. The Bertz CT molecular complexity index is 201. The van der Waals surface area contributed by atoms with Gasteiger partial charge in [-0.1, -0.05) is 0 Å². The van der Waals surface area contributed by atoms with Gasteiger partial charge in [0.25, 0.3) is 0 Å². The summed E-state index contributed by atoms with van der Waals surface area (Å²) >= 11 is 0. The number of hydrogen-bond acceptors (Lipinski definition) is 4. The largest absolute Gasteiger partial charge is 0.394 e. The van der Waals surface area contributed by atoms with Crippen LogP contribution in [0.3, 0.4) is 0 Å². The normalized spacial score (nSPS) is 25.0. The molecule has 1 rings (SSSR count). The van der Waals surface area contributed by atoms with E-state index in [1.807, 2.05) is 0 Å². The van der Waals surface area contributed by atoms with E-state index in [0.29, 0.717) is 19.8 Å². The number of hydrogen-bond donors (Lipinski definition) is 2. The number of rotatable bonds is 6. The molecule has 1 aliphatic heterocycles. The maximum Gasteiger partial charge on any atom is 0.187 e. The molecule has 2 atom stereocenters. The molecule has 0 spiro atoms. The molecule has 1 saturated heterocycles. The van der Waals surface area contributed by atoms with Crippen LogP contribution in [0.25, 0.3) is 0 Å². The molecular formula is C8H12BNO3. The Hall–Kier alpha value is -0.535. The van der Waals surface area contributed by atoms with Crippen molar-refractivity contribution in [1.29, 1.82) is 0 Å². The van der Waals surface area contributed by atoms with Gasteiger partial charge in [-0.05, 0) is 0 Å². The molecule has 1 fully saturated rings. The van der Waals surface area contributed by atoms with E-state index in [0.717, 1.165) is 0 Å². The van der Waals surface area contributed by atoms with Crippen LogP contribution in [0.2, 0.25) is 0 Å². The van der Waals surface area contributed by atoms with Gasteiger partial charge in [0.05, 0.1) is 26.4 Å². The third-order valence-corrected chi connectivity index (χ3v) is 1.59. The maximum absolute atomic E-state index is 8.43. The van der Waals surface area contributed by atoms with Gasteiger partial charge in [0.15, 0.2) is 7.85 Å². The number of nitrogens with one attached hydrogen (secondary N) is 1. The van der Waals surface area contributed by atoms with Gasteiger partial charge in [-0.15, -0.1) is 5.92 Å². The summed E-state index contributed by atoms with van der Waals surface area (Å²) in [5.41, 5.74) is 0. The van der Waals surface area contributed by atoms with E-state index in [9.17, 15) is 0 Å². The van der Waals surface area contributed by atoms with E-state index >= 15 is 0 Å². The number of ether oxygens (including phenoxy) is 2. The van der Waals surface area contributed by atoms with Crippen LogP contribution in [-0.4, -0.2) is 51.7 Å². The second-order valence-corrected chi connectivity index (χ2v) is 2.60. The lowest BCUT2D eigenvalue weighted by molar-refractivity contribution is 0.0810. The number of aliphatic hydroxyl groups excluding tert-OH is 1. The van der Waals surface area contributed by atoms with E-state index in [4.69, 9.17) is 22.4 Å². The van der Waals surface area contributed by atoms with E-state index < -0.39 is 0 Å². The molecule has 1 aliphatic rings. The summed E-state index contributed by atoms with van der Waals surface area (Å²) in [7, 11) is 4.97. The van der Waals surface area contributed by atoms with E-state index in [1.165, 1.54) is 0 Å². The minimum atomic E-state index is 0.0274. The molecule has 0 aromatic carbocycles. The Kier molecular flexibility index (Phi) is 4.87. The molecule has 1 heterocycles. The highest BCUT2D eigenvalue weighted by atomic mass is 16.6. The molecule has 2 unspecified atom stereocenters. The lowest BCUT2D eigenvalue weighted by Gasteiger charge is -1.97. The molecule has 0 aromatic heterocycles. The van der Waals surface area contributed by atoms with Crippen molar-refractivity contribution in [2.75, 3.05) is 26.4 Å². The lowest BCUT2D eigenvalue weighted by Crippen LogP contribution is -2.22. The third-order valence-electron chi connectivity index (χ3n) is 1.59. The molecule has 13 heavy (non-hydrogen) atoms. The van der Waals surface area contributed by atoms with Gasteiger partial charge in [-0.3, -0.25) is 5.32 Å². The Balaban J connectivity index is 1.92. The molecule has 70 valence electrons. The highest BCUT2D eigenvalue weighted by molar-refractivity contribution is 6.22. The zero-order valence-corrected chi connectivity index (χ0v) is 7.32. The molecule has 2 radical (unpaired) electrons. The van der Waals surface area contributed by atoms with Gasteiger partial charge in [0.1, 0.15) is 12.3 Å². The van der Waals surface area contributed by atoms with Crippen LogP contribution in [0.5, 0.6) is 0 Å². The van der Waals surface area contributed by atoms with Crippen molar-refractivity contribution in [2.24, 2.45) is 0 Å². The van der Waals surface area contributed by atoms with Crippen molar-refractivity contribution in [3.8, 4) is 11.7 Å². The second kappa shape index (κ2) is 6.00. The molecule has 5 heteroatoms. The topological polar surface area (TPSA) is 54.0 Å². The van der Waals surface area contributed by atoms with Gasteiger partial charge in [-0.2, -0.15) is 5.82 Å². The molecule has 0 saturated carbocycles. The molecule has 2 N–H and O–H groups in total. The first-order chi connectivity index (χ1) is 6.38. The predicted octanol–water partition coefficient (Wildman–Crippen LogP) is -1.56. The summed E-state index contributed by atoms with van der Waals surface area (Å²) in [6.45, 7) is 1.44. The van der Waals surface area contributed by atoms with Crippen LogP contribution in [0.15, 0.2) is 0 Å². The predicted molar refractivity (Wildman–Crippen MR) is 48.1 cm³/mol. The number of epoxide rings is 1. The van der Waals surface area contributed by atoms with Crippen LogP contribution in [0.4, 0.5) is 0 Å². The summed E-state index contributed by atoms with van der Waals surface area (Å²) < 4.78 is 10.3. The van der Waals surface area contributed by atoms with Crippen molar-refractivity contribution < 1.29 is 14.6 Å². The summed E-state index contributed by atoms with van der Waals surface area (Å²) in [6.07, 6.45) is 0.116. The Morgan fingerprint density at radius 1 is 1.62 bits per heavy atom. The van der Waals surface area contributed by atoms with Crippen molar-refractivity contribution in [1.82, 2.24) is 5.32 Å². The third kappa shape index (κ3) is 4.29. The summed E-state index contributed by atoms with van der Waals surface area (Å²) in [5, 5.41) is 11.4. The quantitative estimate of drug-likeness (QED) is 0.225. The van der Waals surface area contributed by atoms with Gasteiger partial charge < -0.3 is 14.6 Å². The fourth-order valence-corrected chi connectivity index (χ4v) is 0.916. The SMILES string of the molecule is [B]C#CCNC1OC1COCCO. The van der Waals surface area contributed by atoms with E-state index in [1.54, 1.807) is 0 Å². The molecular weight excluding hydrogens is 169 g/mol. The second-order valence-electron chi connectivity index (χ2n) is 2.60. The van der Waals surface area contributed by atoms with Crippen LogP contribution in [0.1, 0.15) is 0 Å². The van der Waals surface area contributed by atoms with Gasteiger partial charge in [-0.25, -0.2) is 0 Å². The molecule has 0 aromatic rings. The van der Waals surface area contributed by atoms with Crippen LogP contribution >= 0.6 is 0 Å². The lowest BCUT2D eigenvalue weighted by atomic mass is 10.2. The smallest absolute Gasteiger partial charge is 0.187 e.